The van der Waals surface area contributed by atoms with Gasteiger partial charge in [-0.3, -0.25) is 15.2 Å². The Hall–Kier alpha value is -3.32. The highest BCUT2D eigenvalue weighted by molar-refractivity contribution is 6.40. The van der Waals surface area contributed by atoms with E-state index in [1.54, 1.807) is 23.2 Å². The van der Waals surface area contributed by atoms with Gasteiger partial charge in [0.1, 0.15) is 12.3 Å². The summed E-state index contributed by atoms with van der Waals surface area (Å²) in [7, 11) is 0. The van der Waals surface area contributed by atoms with E-state index in [-0.39, 0.29) is 25.0 Å². The molecule has 0 aliphatic carbocycles. The third kappa shape index (κ3) is 6.66. The molecular formula is C25H25Cl2N5O4. The average molecular weight is 530 g/mol. The molecule has 0 radical (unpaired) electrons. The molecule has 2 aliphatic heterocycles. The molecule has 0 saturated carbocycles. The van der Waals surface area contributed by atoms with Crippen LogP contribution in [0.4, 0.5) is 5.69 Å². The van der Waals surface area contributed by atoms with Crippen molar-refractivity contribution in [2.24, 2.45) is 5.10 Å². The van der Waals surface area contributed by atoms with Crippen LogP contribution in [0.3, 0.4) is 0 Å². The number of anilines is 1. The maximum atomic E-state index is 13.0. The molecule has 1 unspecified atom stereocenters. The van der Waals surface area contributed by atoms with E-state index in [0.29, 0.717) is 27.9 Å². The number of carbonyl (C=O) groups excluding carboxylic acids is 1. The number of hydrazine groups is 1. The first-order valence-electron chi connectivity index (χ1n) is 11.6. The molecular weight excluding hydrogens is 505 g/mol. The molecule has 0 bridgehead atoms. The molecule has 2 heterocycles. The van der Waals surface area contributed by atoms with Crippen LogP contribution in [0.1, 0.15) is 49.3 Å². The van der Waals surface area contributed by atoms with E-state index in [2.05, 4.69) is 27.2 Å². The van der Waals surface area contributed by atoms with Gasteiger partial charge >= 0.3 is 0 Å². The highest BCUT2D eigenvalue weighted by Crippen LogP contribution is 2.39. The molecule has 1 atom stereocenters. The number of carbonyl (C=O) groups is 1. The zero-order chi connectivity index (χ0) is 25.5. The molecule has 36 heavy (non-hydrogen) atoms. The minimum absolute atomic E-state index is 0.0728. The van der Waals surface area contributed by atoms with Gasteiger partial charge in [-0.15, -0.1) is 10.1 Å². The Kier molecular flexibility index (Phi) is 8.65. The average Bonchev–Trinajstić information content (AvgIpc) is 3.30. The van der Waals surface area contributed by atoms with Gasteiger partial charge in [-0.05, 0) is 48.7 Å². The normalized spacial score (nSPS) is 17.7. The second-order valence-electron chi connectivity index (χ2n) is 8.43. The molecule has 11 heteroatoms. The number of hydrogen-bond donors (Lipinski definition) is 1. The highest BCUT2D eigenvalue weighted by atomic mass is 35.5. The van der Waals surface area contributed by atoms with Crippen LogP contribution in [0.25, 0.3) is 0 Å². The van der Waals surface area contributed by atoms with Crippen LogP contribution in [-0.4, -0.2) is 41.4 Å². The first-order valence-corrected chi connectivity index (χ1v) is 12.4. The number of hydrazone groups is 1. The van der Waals surface area contributed by atoms with Crippen molar-refractivity contribution < 1.29 is 14.7 Å². The topological polar surface area (TPSA) is 100 Å². The van der Waals surface area contributed by atoms with Crippen LogP contribution in [0.15, 0.2) is 47.6 Å². The summed E-state index contributed by atoms with van der Waals surface area (Å²) in [6.45, 7) is 1.59. The Morgan fingerprint density at radius 1 is 1.17 bits per heavy atom. The minimum atomic E-state index is -0.833. The quantitative estimate of drug-likeness (QED) is 0.240. The van der Waals surface area contributed by atoms with Gasteiger partial charge in [-0.25, -0.2) is 5.01 Å². The zero-order valence-corrected chi connectivity index (χ0v) is 21.0. The van der Waals surface area contributed by atoms with E-state index in [4.69, 9.17) is 23.2 Å². The van der Waals surface area contributed by atoms with Crippen molar-refractivity contribution >= 4 is 40.5 Å². The van der Waals surface area contributed by atoms with Gasteiger partial charge in [0.15, 0.2) is 0 Å². The van der Waals surface area contributed by atoms with Crippen molar-refractivity contribution in [1.82, 2.24) is 10.4 Å². The lowest BCUT2D eigenvalue weighted by atomic mass is 9.99. The molecule has 9 nitrogen and oxygen atoms in total. The lowest BCUT2D eigenvalue weighted by Crippen LogP contribution is -2.47. The van der Waals surface area contributed by atoms with E-state index in [1.165, 1.54) is 6.42 Å². The molecule has 0 spiro atoms. The number of hydrogen-bond acceptors (Lipinski definition) is 7. The van der Waals surface area contributed by atoms with Gasteiger partial charge in [0.2, 0.25) is 0 Å². The van der Waals surface area contributed by atoms with E-state index in [0.717, 1.165) is 37.1 Å². The summed E-state index contributed by atoms with van der Waals surface area (Å²) in [5.41, 5.74) is 5.77. The largest absolute Gasteiger partial charge is 0.313 e. The van der Waals surface area contributed by atoms with Gasteiger partial charge in [0.05, 0.1) is 16.8 Å². The van der Waals surface area contributed by atoms with Crippen molar-refractivity contribution in [2.75, 3.05) is 24.7 Å². The summed E-state index contributed by atoms with van der Waals surface area (Å²) in [6, 6.07) is 12.5. The smallest absolute Gasteiger partial charge is 0.294 e. The maximum Gasteiger partial charge on any atom is 0.294 e. The molecule has 2 aromatic rings. The predicted molar refractivity (Wildman–Crippen MR) is 138 cm³/mol. The lowest BCUT2D eigenvalue weighted by molar-refractivity contribution is -0.757. The van der Waals surface area contributed by atoms with Crippen LogP contribution >= 0.6 is 23.2 Å². The number of benzene rings is 2. The molecule has 1 fully saturated rings. The second-order valence-corrected chi connectivity index (χ2v) is 9.27. The van der Waals surface area contributed by atoms with Crippen LogP contribution in [0, 0.1) is 22.0 Å². The number of amides is 1. The van der Waals surface area contributed by atoms with E-state index < -0.39 is 5.09 Å². The van der Waals surface area contributed by atoms with Crippen LogP contribution in [-0.2, 0) is 9.63 Å². The molecule has 2 aliphatic rings. The summed E-state index contributed by atoms with van der Waals surface area (Å²) in [5, 5.41) is 18.7. The predicted octanol–water partition coefficient (Wildman–Crippen LogP) is 4.77. The van der Waals surface area contributed by atoms with Crippen molar-refractivity contribution in [1.29, 1.82) is 0 Å². The maximum absolute atomic E-state index is 13.0. The van der Waals surface area contributed by atoms with Crippen molar-refractivity contribution in [3.8, 4) is 11.8 Å². The number of rotatable bonds is 7. The number of halogens is 2. The third-order valence-electron chi connectivity index (χ3n) is 5.90. The Bertz CT molecular complexity index is 1200. The molecule has 188 valence electrons. The van der Waals surface area contributed by atoms with Crippen molar-refractivity contribution in [3.05, 3.63) is 73.8 Å². The molecule has 0 aromatic heterocycles. The third-order valence-corrected chi connectivity index (χ3v) is 6.43. The second kappa shape index (κ2) is 12.1. The Morgan fingerprint density at radius 3 is 2.61 bits per heavy atom. The van der Waals surface area contributed by atoms with Gasteiger partial charge in [0.25, 0.3) is 11.0 Å². The van der Waals surface area contributed by atoms with Gasteiger partial charge in [-0.2, -0.15) is 5.10 Å². The molecule has 4 rings (SSSR count). The van der Waals surface area contributed by atoms with Crippen LogP contribution in [0.2, 0.25) is 10.0 Å². The van der Waals surface area contributed by atoms with Gasteiger partial charge in [0, 0.05) is 36.5 Å². The summed E-state index contributed by atoms with van der Waals surface area (Å²) in [6.07, 6.45) is 3.93. The van der Waals surface area contributed by atoms with Crippen molar-refractivity contribution in [2.45, 2.75) is 38.1 Å². The van der Waals surface area contributed by atoms with E-state index >= 15 is 0 Å². The molecule has 2 aromatic carbocycles. The first-order chi connectivity index (χ1) is 17.4. The van der Waals surface area contributed by atoms with Crippen LogP contribution < -0.4 is 10.4 Å². The highest BCUT2D eigenvalue weighted by Gasteiger charge is 2.34. The monoisotopic (exact) mass is 529 g/mol. The SMILES string of the molecule is O=C(NN1CCCCC1)C1=NN(c2ccc(Cl)cc2Cl)C(c2ccc(C#CCCO[N+](=O)[O-])cc2)C1. The minimum Gasteiger partial charge on any atom is -0.313 e. The van der Waals surface area contributed by atoms with Gasteiger partial charge < -0.3 is 4.84 Å². The fourth-order valence-electron chi connectivity index (χ4n) is 4.13. The summed E-state index contributed by atoms with van der Waals surface area (Å²) < 4.78 is 0. The van der Waals surface area contributed by atoms with Gasteiger partial charge in [-0.1, -0.05) is 53.6 Å². The zero-order valence-electron chi connectivity index (χ0n) is 19.5. The summed E-state index contributed by atoms with van der Waals surface area (Å²) in [4.78, 5) is 27.5. The molecule has 1 saturated heterocycles. The first kappa shape index (κ1) is 25.8. The Morgan fingerprint density at radius 2 is 1.92 bits per heavy atom. The Balaban J connectivity index is 1.52. The molecule has 1 amide bonds. The van der Waals surface area contributed by atoms with E-state index in [1.807, 2.05) is 29.3 Å². The number of piperidine rings is 1. The standard InChI is InChI=1S/C25H25Cl2N5O4/c26-20-11-12-23(21(27)16-20)31-24(17-22(28-31)25(33)29-30-13-3-1-4-14-30)19-9-7-18(8-10-19)6-2-5-15-36-32(34)35/h7-12,16,24H,1,3-5,13-15,17H2,(H,29,33). The fourth-order valence-corrected chi connectivity index (χ4v) is 4.63. The number of nitrogens with one attached hydrogen (secondary N) is 1. The Labute approximate surface area is 219 Å². The number of nitrogens with zero attached hydrogens (tertiary/aromatic N) is 4. The summed E-state index contributed by atoms with van der Waals surface area (Å²) >= 11 is 12.6. The van der Waals surface area contributed by atoms with Crippen molar-refractivity contribution in [3.63, 3.8) is 0 Å². The molecule has 1 N–H and O–H groups in total. The summed E-state index contributed by atoms with van der Waals surface area (Å²) in [5.74, 6) is 5.61. The van der Waals surface area contributed by atoms with Crippen LogP contribution in [0.5, 0.6) is 0 Å². The van der Waals surface area contributed by atoms with E-state index in [9.17, 15) is 14.9 Å². The fraction of sp³-hybridized carbons (Fsp3) is 0.360. The lowest BCUT2D eigenvalue weighted by Gasteiger charge is -2.26.